The summed E-state index contributed by atoms with van der Waals surface area (Å²) in [4.78, 5) is 25.9. The monoisotopic (exact) mass is 351 g/mol. The molecule has 0 saturated carbocycles. The number of imide groups is 1. The lowest BCUT2D eigenvalue weighted by atomic mass is 9.96. The van der Waals surface area contributed by atoms with Crippen LogP contribution in [-0.2, 0) is 4.79 Å². The summed E-state index contributed by atoms with van der Waals surface area (Å²) in [5, 5.41) is 5.49. The van der Waals surface area contributed by atoms with E-state index >= 15 is 0 Å². The fraction of sp³-hybridized carbons (Fsp3) is 0.333. The van der Waals surface area contributed by atoms with Crippen LogP contribution in [0.25, 0.3) is 5.57 Å². The van der Waals surface area contributed by atoms with Crippen LogP contribution in [-0.4, -0.2) is 43.9 Å². The van der Waals surface area contributed by atoms with E-state index in [1.807, 2.05) is 14.1 Å². The molecule has 2 rings (SSSR count). The fourth-order valence-electron chi connectivity index (χ4n) is 2.11. The van der Waals surface area contributed by atoms with Crippen LogP contribution in [0.4, 0.5) is 0 Å². The van der Waals surface area contributed by atoms with Gasteiger partial charge in [0, 0.05) is 28.3 Å². The summed E-state index contributed by atoms with van der Waals surface area (Å²) in [5.74, 6) is -0.724. The normalized spacial score (nSPS) is 16.1. The summed E-state index contributed by atoms with van der Waals surface area (Å²) in [6, 6.07) is 5.29. The van der Waals surface area contributed by atoms with Gasteiger partial charge in [-0.2, -0.15) is 0 Å². The van der Waals surface area contributed by atoms with Crippen LogP contribution in [0.3, 0.4) is 0 Å². The second kappa shape index (κ2) is 6.87. The Morgan fingerprint density at radius 3 is 2.71 bits per heavy atom. The predicted molar refractivity (Wildman–Crippen MR) is 85.8 cm³/mol. The Morgan fingerprint density at radius 1 is 1.24 bits per heavy atom. The maximum absolute atomic E-state index is 12.0. The van der Waals surface area contributed by atoms with Crippen LogP contribution in [0.1, 0.15) is 22.3 Å². The quantitative estimate of drug-likeness (QED) is 0.480. The number of nitrogens with zero attached hydrogens (tertiary/aromatic N) is 1. The first-order chi connectivity index (χ1) is 9.99. The summed E-state index contributed by atoms with van der Waals surface area (Å²) in [7, 11) is 4.04. The first-order valence-corrected chi connectivity index (χ1v) is 7.52. The Morgan fingerprint density at radius 2 is 2.00 bits per heavy atom. The molecule has 21 heavy (non-hydrogen) atoms. The Labute approximate surface area is 132 Å². The van der Waals surface area contributed by atoms with Gasteiger partial charge in [-0.3, -0.25) is 14.9 Å². The van der Waals surface area contributed by atoms with Gasteiger partial charge < -0.3 is 10.2 Å². The average Bonchev–Trinajstić information content (AvgIpc) is 2.41. The average molecular weight is 352 g/mol. The molecule has 0 unspecified atom stereocenters. The van der Waals surface area contributed by atoms with Gasteiger partial charge in [0.15, 0.2) is 0 Å². The van der Waals surface area contributed by atoms with Gasteiger partial charge in [0.05, 0.1) is 5.57 Å². The number of fused-ring (bicyclic) bond motifs is 1. The van der Waals surface area contributed by atoms with E-state index in [1.165, 1.54) is 0 Å². The zero-order valence-corrected chi connectivity index (χ0v) is 13.7. The van der Waals surface area contributed by atoms with Crippen LogP contribution in [0, 0.1) is 0 Å². The van der Waals surface area contributed by atoms with E-state index in [-0.39, 0.29) is 11.8 Å². The van der Waals surface area contributed by atoms with Gasteiger partial charge >= 0.3 is 0 Å². The number of hydrogen-bond acceptors (Lipinski definition) is 4. The lowest BCUT2D eigenvalue weighted by Gasteiger charge is -2.18. The number of amides is 2. The molecule has 0 radical (unpaired) electrons. The first-order valence-electron chi connectivity index (χ1n) is 6.73. The highest BCUT2D eigenvalue weighted by molar-refractivity contribution is 9.10. The van der Waals surface area contributed by atoms with Crippen molar-refractivity contribution in [1.82, 2.24) is 15.5 Å². The molecule has 6 heteroatoms. The number of halogens is 1. The van der Waals surface area contributed by atoms with Gasteiger partial charge in [-0.15, -0.1) is 0 Å². The van der Waals surface area contributed by atoms with Crippen LogP contribution < -0.4 is 10.6 Å². The van der Waals surface area contributed by atoms with Gasteiger partial charge in [-0.25, -0.2) is 0 Å². The second-order valence-corrected chi connectivity index (χ2v) is 6.06. The van der Waals surface area contributed by atoms with Gasteiger partial charge in [0.2, 0.25) is 0 Å². The van der Waals surface area contributed by atoms with E-state index in [9.17, 15) is 9.59 Å². The molecule has 1 aromatic carbocycles. The van der Waals surface area contributed by atoms with Gasteiger partial charge in [0.25, 0.3) is 11.8 Å². The van der Waals surface area contributed by atoms with E-state index in [0.717, 1.165) is 24.0 Å². The minimum absolute atomic E-state index is 0.354. The third-order valence-electron chi connectivity index (χ3n) is 3.16. The summed E-state index contributed by atoms with van der Waals surface area (Å²) in [5.41, 5.74) is 1.65. The molecule has 2 N–H and O–H groups in total. The lowest BCUT2D eigenvalue weighted by molar-refractivity contribution is -0.114. The van der Waals surface area contributed by atoms with Crippen molar-refractivity contribution in [1.29, 1.82) is 0 Å². The van der Waals surface area contributed by atoms with Crippen molar-refractivity contribution in [3.63, 3.8) is 0 Å². The van der Waals surface area contributed by atoms with Crippen molar-refractivity contribution in [3.05, 3.63) is 40.0 Å². The molecule has 0 bridgehead atoms. The molecule has 1 aliphatic rings. The van der Waals surface area contributed by atoms with Crippen LogP contribution in [0.15, 0.2) is 28.9 Å². The van der Waals surface area contributed by atoms with E-state index in [0.29, 0.717) is 16.7 Å². The van der Waals surface area contributed by atoms with E-state index in [2.05, 4.69) is 31.5 Å². The molecule has 0 saturated heterocycles. The molecule has 0 atom stereocenters. The maximum atomic E-state index is 12.0. The molecule has 112 valence electrons. The maximum Gasteiger partial charge on any atom is 0.260 e. The Kier molecular flexibility index (Phi) is 5.14. The lowest BCUT2D eigenvalue weighted by Crippen LogP contribution is -2.37. The van der Waals surface area contributed by atoms with E-state index < -0.39 is 0 Å². The summed E-state index contributed by atoms with van der Waals surface area (Å²) in [6.45, 7) is 1.75. The van der Waals surface area contributed by atoms with E-state index in [4.69, 9.17) is 0 Å². The highest BCUT2D eigenvalue weighted by Gasteiger charge is 2.27. The number of nitrogens with one attached hydrogen (secondary N) is 2. The molecule has 1 heterocycles. The molecule has 0 spiro atoms. The molecule has 0 fully saturated rings. The van der Waals surface area contributed by atoms with Gasteiger partial charge in [-0.05, 0) is 45.3 Å². The largest absolute Gasteiger partial charge is 0.390 e. The number of rotatable bonds is 5. The fourth-order valence-corrected chi connectivity index (χ4v) is 2.47. The van der Waals surface area contributed by atoms with Crippen LogP contribution in [0.2, 0.25) is 0 Å². The summed E-state index contributed by atoms with van der Waals surface area (Å²) >= 11 is 3.37. The third-order valence-corrected chi connectivity index (χ3v) is 3.65. The summed E-state index contributed by atoms with van der Waals surface area (Å²) < 4.78 is 0.835. The zero-order chi connectivity index (χ0) is 15.4. The van der Waals surface area contributed by atoms with Gasteiger partial charge in [0.1, 0.15) is 0 Å². The highest BCUT2D eigenvalue weighted by atomic mass is 79.9. The summed E-state index contributed by atoms with van der Waals surface area (Å²) in [6.07, 6.45) is 2.66. The third kappa shape index (κ3) is 3.92. The Hall–Kier alpha value is -1.66. The van der Waals surface area contributed by atoms with Crippen LogP contribution in [0.5, 0.6) is 0 Å². The highest BCUT2D eigenvalue weighted by Crippen LogP contribution is 2.26. The zero-order valence-electron chi connectivity index (χ0n) is 12.1. The van der Waals surface area contributed by atoms with E-state index in [1.54, 1.807) is 24.4 Å². The SMILES string of the molecule is CN(C)CCCN/C=C1/C(=O)NC(=O)c2ccc(Br)cc21. The number of benzene rings is 1. The number of carbonyl (C=O) groups is 2. The topological polar surface area (TPSA) is 61.4 Å². The molecular formula is C15H18BrN3O2. The standard InChI is InChI=1S/C15H18BrN3O2/c1-19(2)7-3-6-17-9-13-12-8-10(16)4-5-11(12)14(20)18-15(13)21/h4-5,8-9,17H,3,6-7H2,1-2H3,(H,18,20,21)/b13-9+. The van der Waals surface area contributed by atoms with Crippen LogP contribution >= 0.6 is 15.9 Å². The molecule has 1 aromatic rings. The molecule has 5 nitrogen and oxygen atoms in total. The number of hydrogen-bond donors (Lipinski definition) is 2. The second-order valence-electron chi connectivity index (χ2n) is 5.14. The smallest absolute Gasteiger partial charge is 0.260 e. The Balaban J connectivity index is 2.15. The van der Waals surface area contributed by atoms with Gasteiger partial charge in [-0.1, -0.05) is 15.9 Å². The molecule has 1 aliphatic heterocycles. The molecule has 0 aliphatic carbocycles. The first kappa shape index (κ1) is 15.7. The van der Waals surface area contributed by atoms with Crippen molar-refractivity contribution in [2.75, 3.05) is 27.2 Å². The molecule has 2 amide bonds. The number of carbonyl (C=O) groups excluding carboxylic acids is 2. The van der Waals surface area contributed by atoms with Crippen molar-refractivity contribution in [2.24, 2.45) is 0 Å². The predicted octanol–water partition coefficient (Wildman–Crippen LogP) is 1.60. The van der Waals surface area contributed by atoms with Crippen molar-refractivity contribution < 1.29 is 9.59 Å². The minimum atomic E-state index is -0.370. The molecule has 0 aromatic heterocycles. The van der Waals surface area contributed by atoms with Crippen molar-refractivity contribution >= 4 is 33.3 Å². The Bertz CT molecular complexity index is 597. The van der Waals surface area contributed by atoms with Crippen molar-refractivity contribution in [2.45, 2.75) is 6.42 Å². The van der Waals surface area contributed by atoms with Crippen molar-refractivity contribution in [3.8, 4) is 0 Å². The molecular weight excluding hydrogens is 334 g/mol. The minimum Gasteiger partial charge on any atom is -0.390 e.